The molecule has 200 valence electrons. The molecule has 2 heterocycles. The molecule has 1 aliphatic heterocycles. The third kappa shape index (κ3) is 11.0. The van der Waals surface area contributed by atoms with Crippen molar-refractivity contribution >= 4 is 29.7 Å². The summed E-state index contributed by atoms with van der Waals surface area (Å²) in [4.78, 5) is 49.5. The van der Waals surface area contributed by atoms with Gasteiger partial charge in [0, 0.05) is 45.1 Å². The van der Waals surface area contributed by atoms with Crippen LogP contribution in [0.25, 0.3) is 0 Å². The zero-order valence-electron chi connectivity index (χ0n) is 21.1. The smallest absolute Gasteiger partial charge is 0.404 e. The number of furan rings is 1. The van der Waals surface area contributed by atoms with Gasteiger partial charge in [0.2, 0.25) is 23.6 Å². The van der Waals surface area contributed by atoms with E-state index >= 15 is 0 Å². The SMILES string of the molecule is C=CC(=O)N1CCN(c2ccc(CCC(=O)NCCCCCCCCCCCNC(=O)O)o2)C(=O)C1. The van der Waals surface area contributed by atoms with Crippen LogP contribution in [0.2, 0.25) is 0 Å². The lowest BCUT2D eigenvalue weighted by Gasteiger charge is -2.32. The van der Waals surface area contributed by atoms with Crippen LogP contribution in [0.5, 0.6) is 0 Å². The van der Waals surface area contributed by atoms with Crippen molar-refractivity contribution in [2.75, 3.05) is 37.6 Å². The summed E-state index contributed by atoms with van der Waals surface area (Å²) in [6, 6.07) is 3.51. The number of nitrogens with one attached hydrogen (secondary N) is 2. The molecule has 1 saturated heterocycles. The Kier molecular flexibility index (Phi) is 13.2. The van der Waals surface area contributed by atoms with Crippen LogP contribution < -0.4 is 15.5 Å². The van der Waals surface area contributed by atoms with Gasteiger partial charge in [-0.1, -0.05) is 51.5 Å². The number of hydrogen-bond donors (Lipinski definition) is 3. The summed E-state index contributed by atoms with van der Waals surface area (Å²) in [7, 11) is 0. The van der Waals surface area contributed by atoms with E-state index in [-0.39, 0.29) is 24.3 Å². The van der Waals surface area contributed by atoms with Gasteiger partial charge in [-0.25, -0.2) is 4.79 Å². The monoisotopic (exact) mass is 504 g/mol. The molecule has 1 aromatic heterocycles. The molecule has 0 radical (unpaired) electrons. The molecular formula is C26H40N4O6. The van der Waals surface area contributed by atoms with Crippen LogP contribution in [0.15, 0.2) is 29.2 Å². The van der Waals surface area contributed by atoms with Crippen LogP contribution in [-0.4, -0.2) is 66.5 Å². The molecule has 0 unspecified atom stereocenters. The van der Waals surface area contributed by atoms with E-state index in [2.05, 4.69) is 17.2 Å². The maximum Gasteiger partial charge on any atom is 0.404 e. The Hall–Kier alpha value is -3.30. The molecule has 0 aliphatic carbocycles. The number of rotatable bonds is 17. The second-order valence-corrected chi connectivity index (χ2v) is 9.01. The van der Waals surface area contributed by atoms with E-state index in [1.165, 1.54) is 35.1 Å². The Morgan fingerprint density at radius 3 is 2.14 bits per heavy atom. The molecule has 3 N–H and O–H groups in total. The minimum absolute atomic E-state index is 0.00259. The highest BCUT2D eigenvalue weighted by Gasteiger charge is 2.28. The third-order valence-corrected chi connectivity index (χ3v) is 6.17. The number of carboxylic acid groups (broad SMARTS) is 1. The predicted molar refractivity (Wildman–Crippen MR) is 137 cm³/mol. The Bertz CT molecular complexity index is 868. The fraction of sp³-hybridized carbons (Fsp3) is 0.615. The number of carbonyl (C=O) groups excluding carboxylic acids is 3. The summed E-state index contributed by atoms with van der Waals surface area (Å²) in [5.74, 6) is 0.608. The molecule has 1 aliphatic rings. The van der Waals surface area contributed by atoms with Crippen molar-refractivity contribution < 1.29 is 28.7 Å². The molecule has 2 rings (SSSR count). The molecule has 36 heavy (non-hydrogen) atoms. The first-order valence-corrected chi connectivity index (χ1v) is 12.9. The molecule has 0 bridgehead atoms. The Morgan fingerprint density at radius 1 is 0.944 bits per heavy atom. The normalized spacial score (nSPS) is 13.5. The zero-order valence-corrected chi connectivity index (χ0v) is 21.1. The summed E-state index contributed by atoms with van der Waals surface area (Å²) < 4.78 is 5.77. The minimum Gasteiger partial charge on any atom is -0.465 e. The van der Waals surface area contributed by atoms with Crippen molar-refractivity contribution in [3.05, 3.63) is 30.5 Å². The van der Waals surface area contributed by atoms with Gasteiger partial charge in [-0.15, -0.1) is 0 Å². The van der Waals surface area contributed by atoms with E-state index in [0.29, 0.717) is 50.7 Å². The number of piperazine rings is 1. The van der Waals surface area contributed by atoms with Crippen LogP contribution >= 0.6 is 0 Å². The molecule has 4 amide bonds. The lowest BCUT2D eigenvalue weighted by Crippen LogP contribution is -2.52. The highest BCUT2D eigenvalue weighted by molar-refractivity contribution is 5.98. The van der Waals surface area contributed by atoms with Gasteiger partial charge < -0.3 is 25.1 Å². The van der Waals surface area contributed by atoms with Crippen LogP contribution in [0, 0.1) is 0 Å². The summed E-state index contributed by atoms with van der Waals surface area (Å²) in [6.45, 7) is 5.42. The molecular weight excluding hydrogens is 464 g/mol. The van der Waals surface area contributed by atoms with Crippen molar-refractivity contribution in [2.45, 2.75) is 70.6 Å². The predicted octanol–water partition coefficient (Wildman–Crippen LogP) is 3.47. The second kappa shape index (κ2) is 16.4. The Labute approximate surface area is 213 Å². The third-order valence-electron chi connectivity index (χ3n) is 6.17. The molecule has 0 aromatic carbocycles. The number of anilines is 1. The number of unbranched alkanes of at least 4 members (excludes halogenated alkanes) is 8. The van der Waals surface area contributed by atoms with Crippen molar-refractivity contribution in [1.29, 1.82) is 0 Å². The lowest BCUT2D eigenvalue weighted by atomic mass is 10.1. The summed E-state index contributed by atoms with van der Waals surface area (Å²) in [5, 5.41) is 13.8. The average molecular weight is 505 g/mol. The van der Waals surface area contributed by atoms with Gasteiger partial charge in [-0.2, -0.15) is 0 Å². The minimum atomic E-state index is -0.956. The van der Waals surface area contributed by atoms with Crippen molar-refractivity contribution in [2.24, 2.45) is 0 Å². The van der Waals surface area contributed by atoms with E-state index in [1.807, 2.05) is 0 Å². The summed E-state index contributed by atoms with van der Waals surface area (Å²) in [5.41, 5.74) is 0. The highest BCUT2D eigenvalue weighted by atomic mass is 16.4. The maximum absolute atomic E-state index is 12.4. The number of carbonyl (C=O) groups is 4. The van der Waals surface area contributed by atoms with Gasteiger partial charge in [-0.05, 0) is 25.0 Å². The molecule has 0 spiro atoms. The fourth-order valence-corrected chi connectivity index (χ4v) is 4.11. The standard InChI is InChI=1S/C26H40N4O6/c1-2-23(32)29-18-19-30(24(33)20-29)25-15-13-21(36-25)12-14-22(31)27-16-10-8-6-4-3-5-7-9-11-17-28-26(34)35/h2,13,15,28H,1,3-12,14,16-20H2,(H,27,31)(H,34,35). The van der Waals surface area contributed by atoms with Crippen LogP contribution in [0.3, 0.4) is 0 Å². The van der Waals surface area contributed by atoms with Crippen molar-refractivity contribution in [3.8, 4) is 0 Å². The van der Waals surface area contributed by atoms with Crippen LogP contribution in [-0.2, 0) is 20.8 Å². The van der Waals surface area contributed by atoms with Gasteiger partial charge in [0.25, 0.3) is 0 Å². The maximum atomic E-state index is 12.4. The quantitative estimate of drug-likeness (QED) is 0.220. The summed E-state index contributed by atoms with van der Waals surface area (Å²) in [6.07, 6.45) is 10.9. The van der Waals surface area contributed by atoms with Gasteiger partial charge in [0.05, 0.1) is 0 Å². The van der Waals surface area contributed by atoms with E-state index in [9.17, 15) is 19.2 Å². The Balaban J connectivity index is 1.48. The number of aryl methyl sites for hydroxylation is 1. The molecule has 0 atom stereocenters. The first-order chi connectivity index (χ1) is 17.4. The average Bonchev–Trinajstić information content (AvgIpc) is 3.33. The van der Waals surface area contributed by atoms with Gasteiger partial charge in [0.1, 0.15) is 12.3 Å². The Morgan fingerprint density at radius 2 is 1.56 bits per heavy atom. The first kappa shape index (κ1) is 28.9. The van der Waals surface area contributed by atoms with E-state index in [0.717, 1.165) is 38.5 Å². The van der Waals surface area contributed by atoms with Crippen LogP contribution in [0.4, 0.5) is 10.7 Å². The lowest BCUT2D eigenvalue weighted by molar-refractivity contribution is -0.133. The molecule has 1 fully saturated rings. The molecule has 10 heteroatoms. The molecule has 1 aromatic rings. The van der Waals surface area contributed by atoms with Crippen molar-refractivity contribution in [3.63, 3.8) is 0 Å². The van der Waals surface area contributed by atoms with E-state index in [4.69, 9.17) is 9.52 Å². The first-order valence-electron chi connectivity index (χ1n) is 12.9. The zero-order chi connectivity index (χ0) is 26.2. The van der Waals surface area contributed by atoms with Gasteiger partial charge >= 0.3 is 6.09 Å². The van der Waals surface area contributed by atoms with Gasteiger partial charge in [-0.3, -0.25) is 19.3 Å². The molecule has 0 saturated carbocycles. The molecule has 10 nitrogen and oxygen atoms in total. The topological polar surface area (TPSA) is 132 Å². The number of amides is 4. The number of nitrogens with zero attached hydrogens (tertiary/aromatic N) is 2. The second-order valence-electron chi connectivity index (χ2n) is 9.01. The van der Waals surface area contributed by atoms with Crippen molar-refractivity contribution in [1.82, 2.24) is 15.5 Å². The highest BCUT2D eigenvalue weighted by Crippen LogP contribution is 2.22. The van der Waals surface area contributed by atoms with Crippen LogP contribution in [0.1, 0.15) is 70.0 Å². The fourth-order valence-electron chi connectivity index (χ4n) is 4.11. The van der Waals surface area contributed by atoms with Gasteiger partial charge in [0.15, 0.2) is 0 Å². The number of hydrogen-bond acceptors (Lipinski definition) is 5. The largest absolute Gasteiger partial charge is 0.465 e. The van der Waals surface area contributed by atoms with E-state index < -0.39 is 6.09 Å². The summed E-state index contributed by atoms with van der Waals surface area (Å²) >= 11 is 0. The van der Waals surface area contributed by atoms with E-state index in [1.54, 1.807) is 12.1 Å².